The van der Waals surface area contributed by atoms with E-state index in [-0.39, 0.29) is 0 Å². The quantitative estimate of drug-likeness (QED) is 0.732. The van der Waals surface area contributed by atoms with Gasteiger partial charge in [0.2, 0.25) is 0 Å². The first-order chi connectivity index (χ1) is 9.15. The molecule has 19 heavy (non-hydrogen) atoms. The lowest BCUT2D eigenvalue weighted by Crippen LogP contribution is -2.23. The lowest BCUT2D eigenvalue weighted by molar-refractivity contribution is 0.0147. The highest BCUT2D eigenvalue weighted by Crippen LogP contribution is 2.29. The summed E-state index contributed by atoms with van der Waals surface area (Å²) < 4.78 is 0. The molecule has 2 aromatic rings. The van der Waals surface area contributed by atoms with Gasteiger partial charge in [0.15, 0.2) is 0 Å². The second-order valence-corrected chi connectivity index (χ2v) is 4.81. The van der Waals surface area contributed by atoms with E-state index in [1.807, 2.05) is 24.3 Å². The highest BCUT2D eigenvalue weighted by atomic mass is 35.5. The molecule has 102 valence electrons. The molecule has 0 fully saturated rings. The summed E-state index contributed by atoms with van der Waals surface area (Å²) in [5.74, 6) is 0. The van der Waals surface area contributed by atoms with Crippen molar-refractivity contribution in [3.63, 3.8) is 0 Å². The molecule has 0 saturated carbocycles. The van der Waals surface area contributed by atoms with E-state index < -0.39 is 12.2 Å². The van der Waals surface area contributed by atoms with Gasteiger partial charge < -0.3 is 15.5 Å². The van der Waals surface area contributed by atoms with Crippen LogP contribution in [0.4, 0.5) is 0 Å². The smallest absolute Gasteiger partial charge is 0.136 e. The number of pyridine rings is 1. The number of hydrogen-bond acceptors (Lipinski definition) is 4. The fraction of sp³-hybridized carbons (Fsp3) is 0.357. The lowest BCUT2D eigenvalue weighted by Gasteiger charge is -2.19. The Morgan fingerprint density at radius 3 is 2.63 bits per heavy atom. The minimum absolute atomic E-state index is 0.399. The molecule has 1 aromatic heterocycles. The van der Waals surface area contributed by atoms with Crippen LogP contribution < -0.4 is 5.32 Å². The monoisotopic (exact) mass is 280 g/mol. The van der Waals surface area contributed by atoms with Gasteiger partial charge in [-0.05, 0) is 25.4 Å². The Labute approximate surface area is 117 Å². The first kappa shape index (κ1) is 14.2. The maximum Gasteiger partial charge on any atom is 0.136 e. The molecule has 0 saturated heterocycles. The number of nitrogens with zero attached hydrogens (tertiary/aromatic N) is 1. The van der Waals surface area contributed by atoms with Crippen LogP contribution in [-0.2, 0) is 0 Å². The van der Waals surface area contributed by atoms with Crippen molar-refractivity contribution >= 4 is 22.4 Å². The third-order valence-electron chi connectivity index (χ3n) is 3.15. The zero-order valence-electron chi connectivity index (χ0n) is 10.7. The van der Waals surface area contributed by atoms with Gasteiger partial charge >= 0.3 is 0 Å². The highest BCUT2D eigenvalue weighted by molar-refractivity contribution is 6.34. The van der Waals surface area contributed by atoms with E-state index in [1.165, 1.54) is 6.20 Å². The molecule has 0 spiro atoms. The van der Waals surface area contributed by atoms with Gasteiger partial charge in [-0.1, -0.05) is 35.9 Å². The number of benzene rings is 1. The van der Waals surface area contributed by atoms with E-state index >= 15 is 0 Å². The third-order valence-corrected chi connectivity index (χ3v) is 3.45. The minimum Gasteiger partial charge on any atom is -0.390 e. The number of nitrogens with one attached hydrogen (secondary N) is 1. The summed E-state index contributed by atoms with van der Waals surface area (Å²) in [6, 6.07) is 7.45. The summed E-state index contributed by atoms with van der Waals surface area (Å²) in [6.07, 6.45) is 0.189. The van der Waals surface area contributed by atoms with Gasteiger partial charge in [0.25, 0.3) is 0 Å². The second kappa shape index (κ2) is 6.30. The Balaban J connectivity index is 2.37. The normalized spacial score (nSPS) is 14.5. The van der Waals surface area contributed by atoms with E-state index in [2.05, 4.69) is 10.3 Å². The molecular weight excluding hydrogens is 264 g/mol. The van der Waals surface area contributed by atoms with Crippen molar-refractivity contribution in [2.24, 2.45) is 0 Å². The second-order valence-electron chi connectivity index (χ2n) is 4.45. The molecule has 2 atom stereocenters. The molecule has 2 rings (SSSR count). The number of halogens is 1. The maximum atomic E-state index is 10.2. The summed E-state index contributed by atoms with van der Waals surface area (Å²) in [6.45, 7) is 0.636. The van der Waals surface area contributed by atoms with Crippen LogP contribution in [0.5, 0.6) is 0 Å². The Hall–Kier alpha value is -1.20. The first-order valence-electron chi connectivity index (χ1n) is 6.19. The molecule has 1 heterocycles. The standard InChI is InChI=1S/C14H17ClN2O2/c1-16-7-6-12(18)13(19)11-8-17-14(15)10-5-3-2-4-9(10)11/h2-5,8,12-13,16,18-19H,6-7H2,1H3. The Kier molecular flexibility index (Phi) is 4.71. The largest absolute Gasteiger partial charge is 0.390 e. The van der Waals surface area contributed by atoms with Crippen molar-refractivity contribution in [3.05, 3.63) is 41.2 Å². The van der Waals surface area contributed by atoms with E-state index in [4.69, 9.17) is 11.6 Å². The summed E-state index contributed by atoms with van der Waals surface area (Å²) >= 11 is 6.03. The van der Waals surface area contributed by atoms with Gasteiger partial charge in [-0.15, -0.1) is 0 Å². The molecular formula is C14H17ClN2O2. The highest BCUT2D eigenvalue weighted by Gasteiger charge is 2.21. The van der Waals surface area contributed by atoms with Crippen molar-refractivity contribution in [1.29, 1.82) is 0 Å². The van der Waals surface area contributed by atoms with Crippen LogP contribution in [0, 0.1) is 0 Å². The first-order valence-corrected chi connectivity index (χ1v) is 6.56. The topological polar surface area (TPSA) is 65.4 Å². The van der Waals surface area contributed by atoms with E-state index in [0.717, 1.165) is 10.8 Å². The average Bonchev–Trinajstić information content (AvgIpc) is 2.45. The number of fused-ring (bicyclic) bond motifs is 1. The molecule has 0 aliphatic heterocycles. The van der Waals surface area contributed by atoms with Crippen molar-refractivity contribution in [1.82, 2.24) is 10.3 Å². The number of hydrogen-bond donors (Lipinski definition) is 3. The molecule has 0 radical (unpaired) electrons. The SMILES string of the molecule is CNCCC(O)C(O)c1cnc(Cl)c2ccccc12. The predicted octanol–water partition coefficient (Wildman–Crippen LogP) is 1.89. The van der Waals surface area contributed by atoms with Gasteiger partial charge in [0.05, 0.1) is 6.10 Å². The summed E-state index contributed by atoms with van der Waals surface area (Å²) in [5.41, 5.74) is 0.601. The summed E-state index contributed by atoms with van der Waals surface area (Å²) in [4.78, 5) is 4.07. The Morgan fingerprint density at radius 2 is 1.95 bits per heavy atom. The van der Waals surface area contributed by atoms with Crippen LogP contribution >= 0.6 is 11.6 Å². The molecule has 4 nitrogen and oxygen atoms in total. The Bertz CT molecular complexity index is 562. The van der Waals surface area contributed by atoms with Crippen LogP contribution in [0.2, 0.25) is 5.15 Å². The minimum atomic E-state index is -0.969. The fourth-order valence-electron chi connectivity index (χ4n) is 2.07. The molecule has 0 aliphatic carbocycles. The van der Waals surface area contributed by atoms with E-state index in [0.29, 0.717) is 23.7 Å². The van der Waals surface area contributed by atoms with Crippen LogP contribution in [0.25, 0.3) is 10.8 Å². The van der Waals surface area contributed by atoms with Crippen molar-refractivity contribution in [2.75, 3.05) is 13.6 Å². The number of rotatable bonds is 5. The van der Waals surface area contributed by atoms with Gasteiger partial charge in [0.1, 0.15) is 11.3 Å². The number of aromatic nitrogens is 1. The van der Waals surface area contributed by atoms with Gasteiger partial charge in [0, 0.05) is 17.1 Å². The zero-order chi connectivity index (χ0) is 13.8. The van der Waals surface area contributed by atoms with Crippen molar-refractivity contribution in [3.8, 4) is 0 Å². The van der Waals surface area contributed by atoms with Crippen molar-refractivity contribution < 1.29 is 10.2 Å². The Morgan fingerprint density at radius 1 is 1.26 bits per heavy atom. The molecule has 5 heteroatoms. The molecule has 0 amide bonds. The lowest BCUT2D eigenvalue weighted by atomic mass is 9.98. The molecule has 3 N–H and O–H groups in total. The maximum absolute atomic E-state index is 10.2. The molecule has 0 aliphatic rings. The predicted molar refractivity (Wildman–Crippen MR) is 76.3 cm³/mol. The van der Waals surface area contributed by atoms with Crippen LogP contribution in [0.3, 0.4) is 0 Å². The summed E-state index contributed by atoms with van der Waals surface area (Å²) in [7, 11) is 1.80. The van der Waals surface area contributed by atoms with Gasteiger partial charge in [-0.3, -0.25) is 0 Å². The number of aliphatic hydroxyl groups is 2. The average molecular weight is 281 g/mol. The van der Waals surface area contributed by atoms with Crippen LogP contribution in [0.1, 0.15) is 18.1 Å². The molecule has 1 aromatic carbocycles. The van der Waals surface area contributed by atoms with Crippen LogP contribution in [0.15, 0.2) is 30.5 Å². The fourth-order valence-corrected chi connectivity index (χ4v) is 2.29. The summed E-state index contributed by atoms with van der Waals surface area (Å²) in [5, 5.41) is 25.2. The molecule has 2 unspecified atom stereocenters. The van der Waals surface area contributed by atoms with Gasteiger partial charge in [-0.25, -0.2) is 4.98 Å². The molecule has 0 bridgehead atoms. The zero-order valence-corrected chi connectivity index (χ0v) is 11.4. The third kappa shape index (κ3) is 3.04. The van der Waals surface area contributed by atoms with Crippen LogP contribution in [-0.4, -0.2) is 34.9 Å². The van der Waals surface area contributed by atoms with Crippen molar-refractivity contribution in [2.45, 2.75) is 18.6 Å². The van der Waals surface area contributed by atoms with Gasteiger partial charge in [-0.2, -0.15) is 0 Å². The van der Waals surface area contributed by atoms with E-state index in [1.54, 1.807) is 7.05 Å². The van der Waals surface area contributed by atoms with E-state index in [9.17, 15) is 10.2 Å². The number of aliphatic hydroxyl groups excluding tert-OH is 2.